The molecule has 0 saturated heterocycles. The van der Waals surface area contributed by atoms with E-state index < -0.39 is 11.9 Å². The minimum atomic E-state index is -1.44. The maximum Gasteiger partial charge on any atom is 0.394 e. The second kappa shape index (κ2) is 6.79. The Balaban J connectivity index is 2.44. The predicted octanol–water partition coefficient (Wildman–Crippen LogP) is 1.94. The Morgan fingerprint density at radius 3 is 2.39 bits per heavy atom. The van der Waals surface area contributed by atoms with Gasteiger partial charge < -0.3 is 10.4 Å². The molecule has 0 saturated carbocycles. The van der Waals surface area contributed by atoms with E-state index in [1.807, 2.05) is 12.1 Å². The van der Waals surface area contributed by atoms with Crippen LogP contribution in [0.15, 0.2) is 24.3 Å². The third-order valence-electron chi connectivity index (χ3n) is 3.05. The number of rotatable bonds is 5. The Labute approximate surface area is 107 Å². The van der Waals surface area contributed by atoms with Crippen LogP contribution in [0.2, 0.25) is 0 Å². The standard InChI is InChI=1S/C14H19NO3/c1-3-10(2)12-6-4-11(5-7-12)8-9-15-13(16)14(17)18/h4-7,10H,3,8-9H2,1-2H3,(H,15,16)(H,17,18). The molecule has 4 nitrogen and oxygen atoms in total. The minimum Gasteiger partial charge on any atom is -0.474 e. The molecule has 0 radical (unpaired) electrons. The van der Waals surface area contributed by atoms with Crippen molar-refractivity contribution in [2.75, 3.05) is 6.54 Å². The largest absolute Gasteiger partial charge is 0.474 e. The summed E-state index contributed by atoms with van der Waals surface area (Å²) in [5.74, 6) is -1.85. The van der Waals surface area contributed by atoms with E-state index in [0.717, 1.165) is 12.0 Å². The highest BCUT2D eigenvalue weighted by Crippen LogP contribution is 2.18. The van der Waals surface area contributed by atoms with Crippen LogP contribution in [0, 0.1) is 0 Å². The third-order valence-corrected chi connectivity index (χ3v) is 3.05. The molecule has 2 N–H and O–H groups in total. The quantitative estimate of drug-likeness (QED) is 0.784. The zero-order chi connectivity index (χ0) is 13.5. The summed E-state index contributed by atoms with van der Waals surface area (Å²) in [4.78, 5) is 21.1. The molecule has 4 heteroatoms. The Hall–Kier alpha value is -1.84. The van der Waals surface area contributed by atoms with Crippen molar-refractivity contribution < 1.29 is 14.7 Å². The van der Waals surface area contributed by atoms with E-state index in [9.17, 15) is 9.59 Å². The lowest BCUT2D eigenvalue weighted by atomic mass is 9.97. The van der Waals surface area contributed by atoms with Crippen LogP contribution in [-0.2, 0) is 16.0 Å². The number of hydrogen-bond donors (Lipinski definition) is 2. The summed E-state index contributed by atoms with van der Waals surface area (Å²) in [6, 6.07) is 8.22. The molecule has 98 valence electrons. The van der Waals surface area contributed by atoms with E-state index in [0.29, 0.717) is 18.9 Å². The van der Waals surface area contributed by atoms with E-state index in [-0.39, 0.29) is 0 Å². The van der Waals surface area contributed by atoms with Gasteiger partial charge in [-0.1, -0.05) is 38.1 Å². The molecule has 0 aromatic heterocycles. The molecule has 0 fully saturated rings. The Kier molecular flexibility index (Phi) is 5.36. The summed E-state index contributed by atoms with van der Waals surface area (Å²) >= 11 is 0. The van der Waals surface area contributed by atoms with E-state index >= 15 is 0 Å². The smallest absolute Gasteiger partial charge is 0.394 e. The van der Waals surface area contributed by atoms with Crippen LogP contribution in [0.25, 0.3) is 0 Å². The molecule has 0 bridgehead atoms. The first-order valence-corrected chi connectivity index (χ1v) is 6.14. The Morgan fingerprint density at radius 1 is 1.28 bits per heavy atom. The number of benzene rings is 1. The molecule has 0 heterocycles. The molecular weight excluding hydrogens is 230 g/mol. The number of carbonyl (C=O) groups excluding carboxylic acids is 1. The highest BCUT2D eigenvalue weighted by atomic mass is 16.4. The summed E-state index contributed by atoms with van der Waals surface area (Å²) in [7, 11) is 0. The van der Waals surface area contributed by atoms with Crippen molar-refractivity contribution in [3.63, 3.8) is 0 Å². The van der Waals surface area contributed by atoms with Crippen molar-refractivity contribution in [2.24, 2.45) is 0 Å². The van der Waals surface area contributed by atoms with Crippen LogP contribution in [-0.4, -0.2) is 23.5 Å². The first-order chi connectivity index (χ1) is 8.54. The van der Waals surface area contributed by atoms with Crippen molar-refractivity contribution in [1.82, 2.24) is 5.32 Å². The molecule has 1 aromatic carbocycles. The number of carbonyl (C=O) groups is 2. The van der Waals surface area contributed by atoms with Gasteiger partial charge in [0.05, 0.1) is 0 Å². The molecule has 1 aromatic rings. The molecule has 0 aliphatic carbocycles. The average Bonchev–Trinajstić information content (AvgIpc) is 2.38. The number of nitrogens with one attached hydrogen (secondary N) is 1. The van der Waals surface area contributed by atoms with Gasteiger partial charge in [-0.3, -0.25) is 4.79 Å². The summed E-state index contributed by atoms with van der Waals surface area (Å²) in [5, 5.41) is 10.7. The van der Waals surface area contributed by atoms with Gasteiger partial charge in [-0.15, -0.1) is 0 Å². The van der Waals surface area contributed by atoms with Crippen molar-refractivity contribution in [2.45, 2.75) is 32.6 Å². The molecule has 0 aliphatic heterocycles. The molecule has 18 heavy (non-hydrogen) atoms. The lowest BCUT2D eigenvalue weighted by Gasteiger charge is -2.09. The van der Waals surface area contributed by atoms with Gasteiger partial charge in [0, 0.05) is 6.54 Å². The van der Waals surface area contributed by atoms with Crippen molar-refractivity contribution >= 4 is 11.9 Å². The van der Waals surface area contributed by atoms with E-state index in [2.05, 4.69) is 31.3 Å². The van der Waals surface area contributed by atoms with Crippen LogP contribution in [0.1, 0.15) is 37.3 Å². The molecule has 1 atom stereocenters. The molecule has 1 rings (SSSR count). The maximum atomic E-state index is 10.8. The van der Waals surface area contributed by atoms with Gasteiger partial charge in [0.25, 0.3) is 0 Å². The number of carboxylic acid groups (broad SMARTS) is 1. The highest BCUT2D eigenvalue weighted by Gasteiger charge is 2.09. The van der Waals surface area contributed by atoms with E-state index in [1.165, 1.54) is 5.56 Å². The van der Waals surface area contributed by atoms with Crippen LogP contribution >= 0.6 is 0 Å². The van der Waals surface area contributed by atoms with Crippen molar-refractivity contribution in [1.29, 1.82) is 0 Å². The fourth-order valence-corrected chi connectivity index (χ4v) is 1.64. The fraction of sp³-hybridized carbons (Fsp3) is 0.429. The number of hydrogen-bond acceptors (Lipinski definition) is 2. The summed E-state index contributed by atoms with van der Waals surface area (Å²) < 4.78 is 0. The summed E-state index contributed by atoms with van der Waals surface area (Å²) in [6.45, 7) is 4.68. The van der Waals surface area contributed by atoms with Gasteiger partial charge in [-0.25, -0.2) is 4.79 Å². The molecule has 0 spiro atoms. The number of aliphatic carboxylic acids is 1. The van der Waals surface area contributed by atoms with Crippen LogP contribution in [0.5, 0.6) is 0 Å². The van der Waals surface area contributed by atoms with Crippen LogP contribution in [0.3, 0.4) is 0 Å². The molecule has 1 amide bonds. The van der Waals surface area contributed by atoms with Crippen LogP contribution in [0.4, 0.5) is 0 Å². The molecular formula is C14H19NO3. The lowest BCUT2D eigenvalue weighted by Crippen LogP contribution is -2.32. The first kappa shape index (κ1) is 14.2. The van der Waals surface area contributed by atoms with Crippen LogP contribution < -0.4 is 5.32 Å². The lowest BCUT2D eigenvalue weighted by molar-refractivity contribution is -0.150. The van der Waals surface area contributed by atoms with Gasteiger partial charge in [-0.2, -0.15) is 0 Å². The zero-order valence-corrected chi connectivity index (χ0v) is 10.8. The van der Waals surface area contributed by atoms with E-state index in [1.54, 1.807) is 0 Å². The second-order valence-corrected chi connectivity index (χ2v) is 4.36. The number of amides is 1. The minimum absolute atomic E-state index is 0.341. The summed E-state index contributed by atoms with van der Waals surface area (Å²) in [5.41, 5.74) is 2.39. The van der Waals surface area contributed by atoms with Gasteiger partial charge in [-0.05, 0) is 29.9 Å². The summed E-state index contributed by atoms with van der Waals surface area (Å²) in [6.07, 6.45) is 1.74. The highest BCUT2D eigenvalue weighted by molar-refractivity contribution is 6.31. The van der Waals surface area contributed by atoms with Crippen molar-refractivity contribution in [3.05, 3.63) is 35.4 Å². The Morgan fingerprint density at radius 2 is 1.89 bits per heavy atom. The fourth-order valence-electron chi connectivity index (χ4n) is 1.64. The maximum absolute atomic E-state index is 10.8. The van der Waals surface area contributed by atoms with Gasteiger partial charge in [0.15, 0.2) is 0 Å². The normalized spacial score (nSPS) is 11.9. The molecule has 0 aliphatic rings. The SMILES string of the molecule is CCC(C)c1ccc(CCNC(=O)C(=O)O)cc1. The van der Waals surface area contributed by atoms with E-state index in [4.69, 9.17) is 5.11 Å². The monoisotopic (exact) mass is 249 g/mol. The number of carboxylic acids is 1. The topological polar surface area (TPSA) is 66.4 Å². The Bertz CT molecular complexity index is 412. The second-order valence-electron chi connectivity index (χ2n) is 4.36. The van der Waals surface area contributed by atoms with Crippen molar-refractivity contribution in [3.8, 4) is 0 Å². The first-order valence-electron chi connectivity index (χ1n) is 6.14. The molecule has 1 unspecified atom stereocenters. The van der Waals surface area contributed by atoms with Gasteiger partial charge in [0.2, 0.25) is 0 Å². The third kappa shape index (κ3) is 4.20. The van der Waals surface area contributed by atoms with Gasteiger partial charge in [0.1, 0.15) is 0 Å². The predicted molar refractivity (Wildman–Crippen MR) is 69.5 cm³/mol. The average molecular weight is 249 g/mol. The zero-order valence-electron chi connectivity index (χ0n) is 10.8. The van der Waals surface area contributed by atoms with Gasteiger partial charge >= 0.3 is 11.9 Å².